The van der Waals surface area contributed by atoms with Gasteiger partial charge in [-0.15, -0.1) is 0 Å². The fourth-order valence-corrected chi connectivity index (χ4v) is 2.38. The molecule has 0 bridgehead atoms. The lowest BCUT2D eigenvalue weighted by molar-refractivity contribution is -0.175. The number of aliphatic hydroxyl groups is 2. The number of aryl methyl sites for hydroxylation is 2. The number of benzene rings is 2. The Kier molecular flexibility index (Phi) is 3.26. The van der Waals surface area contributed by atoms with Crippen molar-refractivity contribution >= 4 is 11.5 Å². The van der Waals surface area contributed by atoms with Crippen LogP contribution in [0.15, 0.2) is 54.3 Å². The largest absolute Gasteiger partial charge is 0.502 e. The summed E-state index contributed by atoms with van der Waals surface area (Å²) in [7, 11) is 0. The van der Waals surface area contributed by atoms with Crippen LogP contribution in [0, 0.1) is 13.8 Å². The van der Waals surface area contributed by atoms with E-state index in [4.69, 9.17) is 4.74 Å². The number of aliphatic hydroxyl groups excluding tert-OH is 1. The summed E-state index contributed by atoms with van der Waals surface area (Å²) in [5.74, 6) is -3.61. The minimum atomic E-state index is -2.18. The minimum absolute atomic E-state index is 0.00641. The number of ketones is 1. The first-order valence-corrected chi connectivity index (χ1v) is 6.95. The number of hydrogen-bond acceptors (Lipinski definition) is 4. The molecule has 0 aromatic heterocycles. The molecule has 112 valence electrons. The molecule has 0 aliphatic carbocycles. The van der Waals surface area contributed by atoms with Gasteiger partial charge in [0.15, 0.2) is 5.76 Å². The average molecular weight is 296 g/mol. The predicted octanol–water partition coefficient (Wildman–Crippen LogP) is 2.97. The maximum atomic E-state index is 12.3. The number of rotatable bonds is 2. The molecular weight excluding hydrogens is 280 g/mol. The highest BCUT2D eigenvalue weighted by molar-refractivity contribution is 6.07. The quantitative estimate of drug-likeness (QED) is 0.894. The second kappa shape index (κ2) is 5.00. The topological polar surface area (TPSA) is 66.8 Å². The maximum Gasteiger partial charge on any atom is 0.303 e. The van der Waals surface area contributed by atoms with E-state index >= 15 is 0 Å². The molecule has 1 atom stereocenters. The molecule has 0 fully saturated rings. The third kappa shape index (κ3) is 2.18. The number of ether oxygens (including phenoxy) is 1. The Morgan fingerprint density at radius 1 is 0.909 bits per heavy atom. The van der Waals surface area contributed by atoms with Crippen LogP contribution in [0.1, 0.15) is 22.3 Å². The lowest BCUT2D eigenvalue weighted by Gasteiger charge is -2.22. The summed E-state index contributed by atoms with van der Waals surface area (Å²) in [5, 5.41) is 20.7. The standard InChI is InChI=1S/C18H16O4/c1-11-3-7-13(8-4-11)16-15(19)17(20)18(21,22-16)14-9-5-12(2)6-10-14/h3-10,19,21H,1-2H3. The van der Waals surface area contributed by atoms with Crippen molar-refractivity contribution in [1.82, 2.24) is 0 Å². The molecule has 3 rings (SSSR count). The lowest BCUT2D eigenvalue weighted by atomic mass is 10.0. The van der Waals surface area contributed by atoms with Gasteiger partial charge in [0.25, 0.3) is 5.78 Å². The van der Waals surface area contributed by atoms with Gasteiger partial charge in [0.05, 0.1) is 0 Å². The van der Waals surface area contributed by atoms with Crippen LogP contribution in [0.4, 0.5) is 0 Å². The van der Waals surface area contributed by atoms with Crippen molar-refractivity contribution in [3.63, 3.8) is 0 Å². The van der Waals surface area contributed by atoms with Gasteiger partial charge in [-0.05, 0) is 13.8 Å². The van der Waals surface area contributed by atoms with Crippen molar-refractivity contribution in [2.45, 2.75) is 19.6 Å². The van der Waals surface area contributed by atoms with Gasteiger partial charge in [0.1, 0.15) is 0 Å². The molecule has 2 N–H and O–H groups in total. The van der Waals surface area contributed by atoms with Crippen molar-refractivity contribution in [2.75, 3.05) is 0 Å². The van der Waals surface area contributed by atoms with Gasteiger partial charge in [-0.1, -0.05) is 59.7 Å². The maximum absolute atomic E-state index is 12.3. The van der Waals surface area contributed by atoms with Crippen LogP contribution >= 0.6 is 0 Å². The van der Waals surface area contributed by atoms with E-state index in [0.29, 0.717) is 5.56 Å². The molecular formula is C18H16O4. The molecule has 1 aliphatic heterocycles. The molecule has 22 heavy (non-hydrogen) atoms. The van der Waals surface area contributed by atoms with E-state index in [2.05, 4.69) is 0 Å². The van der Waals surface area contributed by atoms with E-state index < -0.39 is 17.3 Å². The van der Waals surface area contributed by atoms with E-state index in [-0.39, 0.29) is 11.3 Å². The van der Waals surface area contributed by atoms with Gasteiger partial charge >= 0.3 is 5.79 Å². The second-order valence-corrected chi connectivity index (χ2v) is 5.48. The van der Waals surface area contributed by atoms with Crippen molar-refractivity contribution < 1.29 is 19.7 Å². The van der Waals surface area contributed by atoms with Gasteiger partial charge in [-0.2, -0.15) is 0 Å². The highest BCUT2D eigenvalue weighted by Crippen LogP contribution is 2.40. The Labute approximate surface area is 128 Å². The first kappa shape index (κ1) is 14.4. The van der Waals surface area contributed by atoms with Gasteiger partial charge in [0.2, 0.25) is 5.76 Å². The van der Waals surface area contributed by atoms with Gasteiger partial charge in [-0.25, -0.2) is 0 Å². The van der Waals surface area contributed by atoms with Crippen LogP contribution in [0.25, 0.3) is 5.76 Å². The van der Waals surface area contributed by atoms with E-state index in [1.165, 1.54) is 0 Å². The van der Waals surface area contributed by atoms with Gasteiger partial charge < -0.3 is 14.9 Å². The molecule has 0 amide bonds. The monoisotopic (exact) mass is 296 g/mol. The van der Waals surface area contributed by atoms with Crippen LogP contribution in [0.3, 0.4) is 0 Å². The molecule has 1 aliphatic rings. The van der Waals surface area contributed by atoms with Crippen molar-refractivity contribution in [1.29, 1.82) is 0 Å². The molecule has 0 saturated heterocycles. The Morgan fingerprint density at radius 2 is 1.41 bits per heavy atom. The van der Waals surface area contributed by atoms with Crippen LogP contribution in [-0.2, 0) is 15.3 Å². The third-order valence-electron chi connectivity index (χ3n) is 3.74. The second-order valence-electron chi connectivity index (χ2n) is 5.48. The number of hydrogen-bond donors (Lipinski definition) is 2. The van der Waals surface area contributed by atoms with Crippen molar-refractivity contribution in [3.05, 3.63) is 76.5 Å². The minimum Gasteiger partial charge on any atom is -0.502 e. The molecule has 2 aromatic rings. The summed E-state index contributed by atoms with van der Waals surface area (Å²) in [5.41, 5.74) is 2.87. The van der Waals surface area contributed by atoms with Crippen molar-refractivity contribution in [2.24, 2.45) is 0 Å². The molecule has 4 heteroatoms. The first-order valence-electron chi connectivity index (χ1n) is 6.95. The van der Waals surface area contributed by atoms with Crippen LogP contribution in [0.2, 0.25) is 0 Å². The molecule has 1 heterocycles. The van der Waals surface area contributed by atoms with E-state index in [1.807, 2.05) is 26.0 Å². The Balaban J connectivity index is 2.01. The Hall–Kier alpha value is -2.59. The number of carbonyl (C=O) groups is 1. The first-order chi connectivity index (χ1) is 10.4. The normalized spacial score (nSPS) is 21.1. The predicted molar refractivity (Wildman–Crippen MR) is 81.9 cm³/mol. The summed E-state index contributed by atoms with van der Waals surface area (Å²) in [6, 6.07) is 13.9. The SMILES string of the molecule is Cc1ccc(C2=C(O)C(=O)C(O)(c3ccc(C)cc3)O2)cc1. The Bertz CT molecular complexity index is 757. The third-order valence-corrected chi connectivity index (χ3v) is 3.74. The summed E-state index contributed by atoms with van der Waals surface area (Å²) < 4.78 is 5.46. The summed E-state index contributed by atoms with van der Waals surface area (Å²) in [4.78, 5) is 12.3. The lowest BCUT2D eigenvalue weighted by Crippen LogP contribution is -2.34. The van der Waals surface area contributed by atoms with E-state index in [1.54, 1.807) is 36.4 Å². The highest BCUT2D eigenvalue weighted by Gasteiger charge is 2.50. The smallest absolute Gasteiger partial charge is 0.303 e. The van der Waals surface area contributed by atoms with Crippen LogP contribution < -0.4 is 0 Å². The van der Waals surface area contributed by atoms with Crippen LogP contribution in [-0.4, -0.2) is 16.0 Å². The highest BCUT2D eigenvalue weighted by atomic mass is 16.6. The van der Waals surface area contributed by atoms with Crippen molar-refractivity contribution in [3.8, 4) is 0 Å². The molecule has 0 saturated carbocycles. The zero-order valence-electron chi connectivity index (χ0n) is 12.3. The van der Waals surface area contributed by atoms with E-state index in [0.717, 1.165) is 11.1 Å². The average Bonchev–Trinajstić information content (AvgIpc) is 2.74. The number of Topliss-reactive ketones (excluding diaryl/α,β-unsaturated/α-hetero) is 1. The van der Waals surface area contributed by atoms with Gasteiger partial charge in [0, 0.05) is 11.1 Å². The molecule has 0 spiro atoms. The fourth-order valence-electron chi connectivity index (χ4n) is 2.38. The Morgan fingerprint density at radius 3 is 1.95 bits per heavy atom. The van der Waals surface area contributed by atoms with Crippen LogP contribution in [0.5, 0.6) is 0 Å². The molecule has 4 nitrogen and oxygen atoms in total. The number of carbonyl (C=O) groups excluding carboxylic acids is 1. The zero-order chi connectivity index (χ0) is 15.9. The van der Waals surface area contributed by atoms with Gasteiger partial charge in [-0.3, -0.25) is 4.79 Å². The fraction of sp³-hybridized carbons (Fsp3) is 0.167. The molecule has 2 aromatic carbocycles. The molecule has 1 unspecified atom stereocenters. The summed E-state index contributed by atoms with van der Waals surface area (Å²) in [6.07, 6.45) is 0. The summed E-state index contributed by atoms with van der Waals surface area (Å²) in [6.45, 7) is 3.83. The molecule has 0 radical (unpaired) electrons. The van der Waals surface area contributed by atoms with E-state index in [9.17, 15) is 15.0 Å². The summed E-state index contributed by atoms with van der Waals surface area (Å²) >= 11 is 0. The zero-order valence-corrected chi connectivity index (χ0v) is 12.3.